The van der Waals surface area contributed by atoms with Crippen LogP contribution >= 0.6 is 0 Å². The lowest BCUT2D eigenvalue weighted by atomic mass is 10.1. The number of hydrogen-bond donors (Lipinski definition) is 1. The molecule has 10 nitrogen and oxygen atoms in total. The van der Waals surface area contributed by atoms with Crippen LogP contribution in [0.5, 0.6) is 5.75 Å². The minimum absolute atomic E-state index is 0.00983. The molecule has 3 aliphatic rings. The van der Waals surface area contributed by atoms with Gasteiger partial charge in [-0.05, 0) is 81.7 Å². The van der Waals surface area contributed by atoms with Crippen LogP contribution in [0, 0.1) is 25.7 Å². The van der Waals surface area contributed by atoms with Crippen LogP contribution in [0.15, 0.2) is 30.3 Å². The number of nitrogens with two attached hydrogens (primary N) is 1. The summed E-state index contributed by atoms with van der Waals surface area (Å²) in [4.78, 5) is 26.0. The average Bonchev–Trinajstić information content (AvgIpc) is 3.23. The first-order valence-corrected chi connectivity index (χ1v) is 15.4. The first-order valence-electron chi connectivity index (χ1n) is 15.4. The van der Waals surface area contributed by atoms with E-state index in [9.17, 15) is 4.79 Å². The van der Waals surface area contributed by atoms with Crippen molar-refractivity contribution >= 4 is 28.0 Å². The zero-order chi connectivity index (χ0) is 29.7. The van der Waals surface area contributed by atoms with E-state index < -0.39 is 0 Å². The van der Waals surface area contributed by atoms with Gasteiger partial charge in [-0.2, -0.15) is 5.10 Å². The molecule has 2 saturated carbocycles. The fraction of sp³-hybridized carbons (Fsp3) is 0.455. The molecule has 0 spiro atoms. The highest BCUT2D eigenvalue weighted by atomic mass is 16.5. The highest BCUT2D eigenvalue weighted by Gasteiger charge is 2.47. The van der Waals surface area contributed by atoms with Crippen LogP contribution in [0.4, 0.5) is 0 Å². The van der Waals surface area contributed by atoms with Crippen LogP contribution in [-0.4, -0.2) is 65.4 Å². The van der Waals surface area contributed by atoms with Gasteiger partial charge in [-0.25, -0.2) is 9.97 Å². The molecule has 3 fully saturated rings. The van der Waals surface area contributed by atoms with E-state index in [1.165, 1.54) is 12.8 Å². The number of pyridine rings is 1. The fourth-order valence-electron chi connectivity index (χ4n) is 7.61. The van der Waals surface area contributed by atoms with Crippen molar-refractivity contribution in [2.24, 2.45) is 31.7 Å². The molecule has 8 rings (SSSR count). The molecule has 0 unspecified atom stereocenters. The first-order chi connectivity index (χ1) is 20.7. The maximum Gasteiger partial charge on any atom is 0.254 e. The summed E-state index contributed by atoms with van der Waals surface area (Å²) >= 11 is 0. The molecule has 10 heteroatoms. The number of rotatable bonds is 6. The summed E-state index contributed by atoms with van der Waals surface area (Å²) in [5, 5.41) is 5.70. The number of methoxy groups -OCH3 is 1. The maximum atomic E-state index is 13.7. The van der Waals surface area contributed by atoms with Crippen molar-refractivity contribution in [3.63, 3.8) is 0 Å². The van der Waals surface area contributed by atoms with E-state index in [0.29, 0.717) is 23.1 Å². The van der Waals surface area contributed by atoms with Gasteiger partial charge in [0, 0.05) is 61.5 Å². The summed E-state index contributed by atoms with van der Waals surface area (Å²) in [6, 6.07) is 10.4. The Morgan fingerprint density at radius 1 is 1.07 bits per heavy atom. The highest BCUT2D eigenvalue weighted by Crippen LogP contribution is 2.40. The minimum Gasteiger partial charge on any atom is -0.494 e. The summed E-state index contributed by atoms with van der Waals surface area (Å²) in [6.45, 7) is 5.75. The lowest BCUT2D eigenvalue weighted by molar-refractivity contribution is 0.0700. The molecule has 4 aromatic heterocycles. The van der Waals surface area contributed by atoms with Gasteiger partial charge < -0.3 is 24.5 Å². The smallest absolute Gasteiger partial charge is 0.254 e. The molecular formula is C33H38N8O2. The molecule has 1 amide bonds. The third kappa shape index (κ3) is 3.95. The van der Waals surface area contributed by atoms with Gasteiger partial charge >= 0.3 is 0 Å². The van der Waals surface area contributed by atoms with Gasteiger partial charge in [0.05, 0.1) is 29.7 Å². The number of piperidine rings is 1. The number of ether oxygens (including phenoxy) is 1. The number of nitrogens with zero attached hydrogens (tertiary/aromatic N) is 7. The number of carbonyl (C=O) groups excluding carboxylic acids is 1. The van der Waals surface area contributed by atoms with Crippen LogP contribution in [0.1, 0.15) is 47.4 Å². The van der Waals surface area contributed by atoms with Gasteiger partial charge in [0.25, 0.3) is 5.91 Å². The Hall–Kier alpha value is -4.18. The molecule has 3 atom stereocenters. The monoisotopic (exact) mass is 578 g/mol. The second kappa shape index (κ2) is 9.41. The largest absolute Gasteiger partial charge is 0.494 e. The number of likely N-dealkylation sites (tertiary alicyclic amines) is 1. The molecule has 0 radical (unpaired) electrons. The molecule has 222 valence electrons. The van der Waals surface area contributed by atoms with Gasteiger partial charge in [-0.1, -0.05) is 0 Å². The number of hydrogen-bond acceptors (Lipinski definition) is 6. The maximum absolute atomic E-state index is 13.7. The van der Waals surface area contributed by atoms with Gasteiger partial charge in [0.2, 0.25) is 0 Å². The fourth-order valence-corrected chi connectivity index (χ4v) is 7.61. The van der Waals surface area contributed by atoms with Crippen LogP contribution in [-0.2, 0) is 20.6 Å². The van der Waals surface area contributed by atoms with Crippen LogP contribution in [0.25, 0.3) is 44.8 Å². The molecule has 2 N–H and O–H groups in total. The van der Waals surface area contributed by atoms with Crippen LogP contribution < -0.4 is 10.5 Å². The predicted octanol–water partition coefficient (Wildman–Crippen LogP) is 4.59. The number of amides is 1. The van der Waals surface area contributed by atoms with Crippen molar-refractivity contribution in [1.29, 1.82) is 0 Å². The van der Waals surface area contributed by atoms with E-state index in [0.717, 1.165) is 82.2 Å². The lowest BCUT2D eigenvalue weighted by Gasteiger charge is -2.27. The van der Waals surface area contributed by atoms with Gasteiger partial charge in [-0.15, -0.1) is 0 Å². The number of aromatic nitrogens is 6. The van der Waals surface area contributed by atoms with Crippen molar-refractivity contribution in [3.8, 4) is 28.5 Å². The molecule has 2 bridgehead atoms. The summed E-state index contributed by atoms with van der Waals surface area (Å²) in [7, 11) is 5.65. The lowest BCUT2D eigenvalue weighted by Crippen LogP contribution is -2.41. The van der Waals surface area contributed by atoms with E-state index in [-0.39, 0.29) is 18.0 Å². The third-order valence-corrected chi connectivity index (χ3v) is 10.2. The number of imidazole rings is 1. The number of benzene rings is 1. The zero-order valence-corrected chi connectivity index (χ0v) is 25.5. The van der Waals surface area contributed by atoms with Crippen molar-refractivity contribution in [2.45, 2.75) is 58.2 Å². The summed E-state index contributed by atoms with van der Waals surface area (Å²) in [5.74, 6) is 2.51. The quantitative estimate of drug-likeness (QED) is 0.316. The molecule has 1 aromatic carbocycles. The predicted molar refractivity (Wildman–Crippen MR) is 166 cm³/mol. The number of aryl methyl sites for hydroxylation is 3. The minimum atomic E-state index is 0.00983. The second-order valence-electron chi connectivity index (χ2n) is 12.8. The molecule has 43 heavy (non-hydrogen) atoms. The molecule has 5 heterocycles. The molecule has 1 saturated heterocycles. The highest BCUT2D eigenvalue weighted by molar-refractivity contribution is 6.00. The van der Waals surface area contributed by atoms with E-state index in [1.54, 1.807) is 7.11 Å². The topological polar surface area (TPSA) is 109 Å². The van der Waals surface area contributed by atoms with Crippen molar-refractivity contribution in [3.05, 3.63) is 47.3 Å². The van der Waals surface area contributed by atoms with E-state index in [4.69, 9.17) is 20.4 Å². The van der Waals surface area contributed by atoms with Crippen LogP contribution in [0.2, 0.25) is 0 Å². The molecule has 2 aliphatic carbocycles. The first kappa shape index (κ1) is 26.4. The van der Waals surface area contributed by atoms with Gasteiger partial charge in [0.1, 0.15) is 16.9 Å². The number of fused-ring (bicyclic) bond motifs is 4. The standard InChI is InChI=1S/C33H38N8O2/c1-17-28(18(2)39(4)37-17)23-10-8-20-13-26(40(31(20)35-23)15-19-6-7-19)32-36-24-12-22(14-27(43-5)30(24)38(32)3)33(42)41-16-21-9-11-25(41)29(21)34/h8,10,12-14,19,21,25,29H,6-7,9,11,15-16,34H2,1-5H3/t21-,25-,29-/m1/s1. The van der Waals surface area contributed by atoms with E-state index >= 15 is 0 Å². The van der Waals surface area contributed by atoms with Crippen LogP contribution in [0.3, 0.4) is 0 Å². The zero-order valence-electron chi connectivity index (χ0n) is 25.5. The average molecular weight is 579 g/mol. The summed E-state index contributed by atoms with van der Waals surface area (Å²) < 4.78 is 12.2. The van der Waals surface area contributed by atoms with Crippen molar-refractivity contribution < 1.29 is 9.53 Å². The van der Waals surface area contributed by atoms with Crippen molar-refractivity contribution in [2.75, 3.05) is 13.7 Å². The third-order valence-electron chi connectivity index (χ3n) is 10.2. The Morgan fingerprint density at radius 3 is 2.53 bits per heavy atom. The molecule has 5 aromatic rings. The summed E-state index contributed by atoms with van der Waals surface area (Å²) in [5.41, 5.74) is 14.7. The molecular weight excluding hydrogens is 540 g/mol. The van der Waals surface area contributed by atoms with Crippen molar-refractivity contribution in [1.82, 2.24) is 33.8 Å². The Balaban J connectivity index is 1.25. The Labute approximate surface area is 250 Å². The normalized spacial score (nSPS) is 21.5. The molecule has 1 aliphatic heterocycles. The Kier molecular flexibility index (Phi) is 5.79. The van der Waals surface area contributed by atoms with Gasteiger partial charge in [0.15, 0.2) is 5.82 Å². The Morgan fingerprint density at radius 2 is 1.88 bits per heavy atom. The SMILES string of the molecule is COc1cc(C(=O)N2C[C@H]3CC[C@@H]2[C@@H]3N)cc2nc(-c3cc4ccc(-c5c(C)nn(C)c5C)nc4n3CC3CC3)n(C)c12. The summed E-state index contributed by atoms with van der Waals surface area (Å²) in [6.07, 6.45) is 4.53. The Bertz CT molecular complexity index is 1940. The van der Waals surface area contributed by atoms with E-state index in [2.05, 4.69) is 39.4 Å². The van der Waals surface area contributed by atoms with E-state index in [1.807, 2.05) is 42.7 Å². The van der Waals surface area contributed by atoms with Gasteiger partial charge in [-0.3, -0.25) is 9.48 Å². The number of carbonyl (C=O) groups is 1. The second-order valence-corrected chi connectivity index (χ2v) is 12.8.